The van der Waals surface area contributed by atoms with Gasteiger partial charge in [-0.15, -0.1) is 12.4 Å². The molecule has 0 unspecified atom stereocenters. The molecule has 7 nitrogen and oxygen atoms in total. The number of aryl methyl sites for hydroxylation is 1. The summed E-state index contributed by atoms with van der Waals surface area (Å²) in [5, 5.41) is 2.47. The van der Waals surface area contributed by atoms with Crippen LogP contribution in [0.1, 0.15) is 23.0 Å². The van der Waals surface area contributed by atoms with E-state index >= 15 is 0 Å². The number of amides is 1. The first-order valence-electron chi connectivity index (χ1n) is 7.12. The number of benzene rings is 1. The highest BCUT2D eigenvalue weighted by atomic mass is 35.5. The standard InChI is InChI=1S/C16H17N3O4.ClH/c1-3-23-14(21)9-17-16(22)12-6-4-11(5-7-12)15-18-10(2)8-13(20)19-15;/h4-8H,3,9H2,1-2H3,(H,17,22)(H,18,19,20);1H. The van der Waals surface area contributed by atoms with Crippen LogP contribution < -0.4 is 10.9 Å². The highest BCUT2D eigenvalue weighted by Gasteiger charge is 2.09. The van der Waals surface area contributed by atoms with Crippen molar-refractivity contribution in [3.63, 3.8) is 0 Å². The van der Waals surface area contributed by atoms with Crippen LogP contribution in [-0.4, -0.2) is 35.0 Å². The number of aromatic amines is 1. The summed E-state index contributed by atoms with van der Waals surface area (Å²) in [4.78, 5) is 41.5. The molecule has 2 aromatic rings. The van der Waals surface area contributed by atoms with Crippen LogP contribution in [0.15, 0.2) is 35.1 Å². The first-order valence-corrected chi connectivity index (χ1v) is 7.12. The molecule has 0 saturated heterocycles. The predicted octanol–water partition coefficient (Wildman–Crippen LogP) is 1.46. The number of ether oxygens (including phenoxy) is 1. The van der Waals surface area contributed by atoms with Crippen LogP contribution in [0.3, 0.4) is 0 Å². The summed E-state index contributed by atoms with van der Waals surface area (Å²) in [6.07, 6.45) is 0. The number of esters is 1. The highest BCUT2D eigenvalue weighted by molar-refractivity contribution is 5.96. The maximum atomic E-state index is 11.9. The van der Waals surface area contributed by atoms with Gasteiger partial charge < -0.3 is 15.0 Å². The highest BCUT2D eigenvalue weighted by Crippen LogP contribution is 2.14. The molecular formula is C16H18ClN3O4. The van der Waals surface area contributed by atoms with Crippen LogP contribution in [0.5, 0.6) is 0 Å². The number of rotatable bonds is 5. The van der Waals surface area contributed by atoms with Gasteiger partial charge in [0.1, 0.15) is 12.4 Å². The Labute approximate surface area is 144 Å². The van der Waals surface area contributed by atoms with Crippen molar-refractivity contribution < 1.29 is 14.3 Å². The van der Waals surface area contributed by atoms with Crippen molar-refractivity contribution in [1.29, 1.82) is 0 Å². The molecule has 1 aromatic heterocycles. The van der Waals surface area contributed by atoms with Crippen LogP contribution in [0.25, 0.3) is 11.4 Å². The monoisotopic (exact) mass is 351 g/mol. The molecule has 128 valence electrons. The van der Waals surface area contributed by atoms with E-state index in [-0.39, 0.29) is 37.0 Å². The summed E-state index contributed by atoms with van der Waals surface area (Å²) >= 11 is 0. The van der Waals surface area contributed by atoms with E-state index in [1.54, 1.807) is 38.1 Å². The number of carbonyl (C=O) groups excluding carboxylic acids is 2. The molecule has 0 radical (unpaired) electrons. The average Bonchev–Trinajstić information content (AvgIpc) is 2.52. The van der Waals surface area contributed by atoms with Gasteiger partial charge >= 0.3 is 5.97 Å². The first-order chi connectivity index (χ1) is 11.0. The van der Waals surface area contributed by atoms with Crippen molar-refractivity contribution in [2.45, 2.75) is 13.8 Å². The minimum atomic E-state index is -0.487. The fourth-order valence-corrected chi connectivity index (χ4v) is 1.96. The van der Waals surface area contributed by atoms with Crippen LogP contribution in [0.4, 0.5) is 0 Å². The molecule has 0 atom stereocenters. The third kappa shape index (κ3) is 5.20. The Morgan fingerprint density at radius 3 is 2.50 bits per heavy atom. The SMILES string of the molecule is CCOC(=O)CNC(=O)c1ccc(-c2nc(C)cc(=O)[nH]2)cc1.Cl. The number of nitrogens with zero attached hydrogens (tertiary/aromatic N) is 1. The summed E-state index contributed by atoms with van der Waals surface area (Å²) in [7, 11) is 0. The Hall–Kier alpha value is -2.67. The second-order valence-electron chi connectivity index (χ2n) is 4.80. The summed E-state index contributed by atoms with van der Waals surface area (Å²) in [6.45, 7) is 3.52. The Morgan fingerprint density at radius 1 is 1.25 bits per heavy atom. The minimum absolute atomic E-state index is 0. The van der Waals surface area contributed by atoms with Gasteiger partial charge in [-0.3, -0.25) is 14.4 Å². The lowest BCUT2D eigenvalue weighted by Gasteiger charge is -2.06. The van der Waals surface area contributed by atoms with E-state index in [0.29, 0.717) is 22.6 Å². The van der Waals surface area contributed by atoms with Crippen molar-refractivity contribution in [2.24, 2.45) is 0 Å². The van der Waals surface area contributed by atoms with E-state index in [9.17, 15) is 14.4 Å². The molecule has 0 fully saturated rings. The Morgan fingerprint density at radius 2 is 1.92 bits per heavy atom. The van der Waals surface area contributed by atoms with E-state index in [2.05, 4.69) is 15.3 Å². The molecule has 0 aliphatic rings. The number of halogens is 1. The minimum Gasteiger partial charge on any atom is -0.465 e. The van der Waals surface area contributed by atoms with E-state index in [0.717, 1.165) is 0 Å². The zero-order valence-electron chi connectivity index (χ0n) is 13.3. The van der Waals surface area contributed by atoms with E-state index in [1.807, 2.05) is 0 Å². The lowest BCUT2D eigenvalue weighted by Crippen LogP contribution is -2.30. The van der Waals surface area contributed by atoms with Crippen LogP contribution in [0, 0.1) is 6.92 Å². The van der Waals surface area contributed by atoms with Crippen molar-refractivity contribution in [1.82, 2.24) is 15.3 Å². The normalized spacial score (nSPS) is 9.75. The largest absolute Gasteiger partial charge is 0.465 e. The molecule has 24 heavy (non-hydrogen) atoms. The van der Waals surface area contributed by atoms with E-state index in [4.69, 9.17) is 4.74 Å². The molecule has 0 aliphatic heterocycles. The number of hydrogen-bond acceptors (Lipinski definition) is 5. The van der Waals surface area contributed by atoms with Crippen molar-refractivity contribution in [3.05, 3.63) is 51.9 Å². The molecule has 0 bridgehead atoms. The molecule has 1 aromatic carbocycles. The number of carbonyl (C=O) groups is 2. The van der Waals surface area contributed by atoms with Gasteiger partial charge in [0.15, 0.2) is 0 Å². The molecule has 1 heterocycles. The van der Waals surface area contributed by atoms with Gasteiger partial charge in [-0.25, -0.2) is 4.98 Å². The zero-order valence-corrected chi connectivity index (χ0v) is 14.1. The van der Waals surface area contributed by atoms with Gasteiger partial charge in [0.05, 0.1) is 6.61 Å². The zero-order chi connectivity index (χ0) is 16.8. The topological polar surface area (TPSA) is 101 Å². The van der Waals surface area contributed by atoms with Crippen LogP contribution >= 0.6 is 12.4 Å². The van der Waals surface area contributed by atoms with Crippen LogP contribution in [0.2, 0.25) is 0 Å². The van der Waals surface area contributed by atoms with Gasteiger partial charge in [0.25, 0.3) is 11.5 Å². The van der Waals surface area contributed by atoms with Gasteiger partial charge in [-0.1, -0.05) is 12.1 Å². The summed E-state index contributed by atoms with van der Waals surface area (Å²) in [5.41, 5.74) is 1.46. The average molecular weight is 352 g/mol. The van der Waals surface area contributed by atoms with Gasteiger partial charge in [-0.2, -0.15) is 0 Å². The van der Waals surface area contributed by atoms with Crippen molar-refractivity contribution >= 4 is 24.3 Å². The molecule has 2 rings (SSSR count). The first kappa shape index (κ1) is 19.4. The maximum absolute atomic E-state index is 11.9. The smallest absolute Gasteiger partial charge is 0.325 e. The quantitative estimate of drug-likeness (QED) is 0.794. The van der Waals surface area contributed by atoms with Gasteiger partial charge in [0.2, 0.25) is 0 Å². The Balaban J connectivity index is 0.00000288. The van der Waals surface area contributed by atoms with E-state index < -0.39 is 5.97 Å². The number of aromatic nitrogens is 2. The van der Waals surface area contributed by atoms with Crippen molar-refractivity contribution in [2.75, 3.05) is 13.2 Å². The molecule has 1 amide bonds. The number of nitrogens with one attached hydrogen (secondary N) is 2. The van der Waals surface area contributed by atoms with Gasteiger partial charge in [0, 0.05) is 22.9 Å². The Bertz CT molecular complexity index is 772. The molecule has 0 aliphatic carbocycles. The number of H-pyrrole nitrogens is 1. The van der Waals surface area contributed by atoms with Crippen LogP contribution in [-0.2, 0) is 9.53 Å². The maximum Gasteiger partial charge on any atom is 0.325 e. The molecular weight excluding hydrogens is 334 g/mol. The lowest BCUT2D eigenvalue weighted by atomic mass is 10.1. The lowest BCUT2D eigenvalue weighted by molar-refractivity contribution is -0.141. The third-order valence-corrected chi connectivity index (χ3v) is 2.99. The molecule has 0 saturated carbocycles. The molecule has 8 heteroatoms. The van der Waals surface area contributed by atoms with E-state index in [1.165, 1.54) is 6.07 Å². The van der Waals surface area contributed by atoms with Gasteiger partial charge in [-0.05, 0) is 26.0 Å². The predicted molar refractivity (Wildman–Crippen MR) is 91.2 cm³/mol. The molecule has 2 N–H and O–H groups in total. The second kappa shape index (κ2) is 8.83. The summed E-state index contributed by atoms with van der Waals surface area (Å²) in [6, 6.07) is 7.95. The fraction of sp³-hybridized carbons (Fsp3) is 0.250. The molecule has 0 spiro atoms. The summed E-state index contributed by atoms with van der Waals surface area (Å²) in [5.74, 6) is -0.428. The van der Waals surface area contributed by atoms with Crippen molar-refractivity contribution in [3.8, 4) is 11.4 Å². The summed E-state index contributed by atoms with van der Waals surface area (Å²) < 4.78 is 4.73. The Kier molecular flexibility index (Phi) is 7.13. The fourth-order valence-electron chi connectivity index (χ4n) is 1.96. The number of hydrogen-bond donors (Lipinski definition) is 2. The second-order valence-corrected chi connectivity index (χ2v) is 4.80. The third-order valence-electron chi connectivity index (χ3n) is 2.99.